The number of hydrogen-bond donors (Lipinski definition) is 1. The van der Waals surface area contributed by atoms with Gasteiger partial charge in [-0.2, -0.15) is 0 Å². The number of rotatable bonds is 6. The molecule has 1 heterocycles. The maximum absolute atomic E-state index is 7.33. The number of nitrogens with zero attached hydrogens (tertiary/aromatic N) is 1. The predicted molar refractivity (Wildman–Crippen MR) is 98.7 cm³/mol. The summed E-state index contributed by atoms with van der Waals surface area (Å²) in [4.78, 5) is 0. The zero-order valence-electron chi connectivity index (χ0n) is 14.0. The summed E-state index contributed by atoms with van der Waals surface area (Å²) in [6.07, 6.45) is 4.77. The van der Waals surface area contributed by atoms with E-state index in [-0.39, 0.29) is 0 Å². The summed E-state index contributed by atoms with van der Waals surface area (Å²) in [5.41, 5.74) is 6.55. The van der Waals surface area contributed by atoms with Crippen LogP contribution in [-0.4, -0.2) is 10.8 Å². The highest BCUT2D eigenvalue weighted by molar-refractivity contribution is 5.85. The number of para-hydroxylation sites is 1. The number of benzene rings is 2. The molecule has 2 nitrogen and oxygen atoms in total. The molecule has 1 N–H and O–H groups in total. The fourth-order valence-corrected chi connectivity index (χ4v) is 3.44. The zero-order chi connectivity index (χ0) is 16.2. The van der Waals surface area contributed by atoms with Crippen molar-refractivity contribution in [2.45, 2.75) is 39.7 Å². The van der Waals surface area contributed by atoms with Gasteiger partial charge in [0.05, 0.1) is 0 Å². The summed E-state index contributed by atoms with van der Waals surface area (Å²) >= 11 is 0. The average Bonchev–Trinajstić information content (AvgIpc) is 2.89. The second-order valence-corrected chi connectivity index (χ2v) is 6.02. The van der Waals surface area contributed by atoms with Gasteiger partial charge in [-0.1, -0.05) is 62.7 Å². The lowest BCUT2D eigenvalue weighted by Crippen LogP contribution is -2.05. The summed E-state index contributed by atoms with van der Waals surface area (Å²) in [5.74, 6) is 0. The van der Waals surface area contributed by atoms with Gasteiger partial charge in [-0.15, -0.1) is 0 Å². The van der Waals surface area contributed by atoms with Crippen LogP contribution in [0.5, 0.6) is 0 Å². The summed E-state index contributed by atoms with van der Waals surface area (Å²) in [5, 5.41) is 8.73. The van der Waals surface area contributed by atoms with E-state index in [1.54, 1.807) is 0 Å². The Kier molecular flexibility index (Phi) is 4.61. The molecular weight excluding hydrogens is 280 g/mol. The van der Waals surface area contributed by atoms with Gasteiger partial charge < -0.3 is 9.98 Å². The van der Waals surface area contributed by atoms with E-state index in [2.05, 4.69) is 54.8 Å². The van der Waals surface area contributed by atoms with E-state index < -0.39 is 0 Å². The van der Waals surface area contributed by atoms with E-state index in [1.165, 1.54) is 40.4 Å². The second kappa shape index (κ2) is 6.82. The molecule has 0 aliphatic heterocycles. The van der Waals surface area contributed by atoms with Crippen molar-refractivity contribution in [3.8, 4) is 0 Å². The molecule has 0 saturated heterocycles. The maximum atomic E-state index is 7.33. The highest BCUT2D eigenvalue weighted by Crippen LogP contribution is 2.28. The number of fused-ring (bicyclic) bond motifs is 1. The van der Waals surface area contributed by atoms with Crippen molar-refractivity contribution in [2.24, 2.45) is 0 Å². The number of aryl methyl sites for hydroxylation is 1. The van der Waals surface area contributed by atoms with Gasteiger partial charge in [0.15, 0.2) is 0 Å². The highest BCUT2D eigenvalue weighted by atomic mass is 15.0. The molecule has 0 unspecified atom stereocenters. The SMILES string of the molecule is CCCc1c(CC)n(Cc2ccc(C=N)cc2)c2ccccc12. The molecule has 0 fully saturated rings. The molecule has 0 aliphatic rings. The summed E-state index contributed by atoms with van der Waals surface area (Å²) in [7, 11) is 0. The van der Waals surface area contributed by atoms with E-state index in [4.69, 9.17) is 5.41 Å². The third-order valence-corrected chi connectivity index (χ3v) is 4.52. The quantitative estimate of drug-likeness (QED) is 0.606. The van der Waals surface area contributed by atoms with E-state index in [9.17, 15) is 0 Å². The Hall–Kier alpha value is -2.35. The van der Waals surface area contributed by atoms with Gasteiger partial charge in [0.2, 0.25) is 0 Å². The Labute approximate surface area is 138 Å². The minimum atomic E-state index is 0.895. The number of aromatic nitrogens is 1. The van der Waals surface area contributed by atoms with E-state index in [1.807, 2.05) is 12.1 Å². The molecular formula is C21H24N2. The molecule has 0 bridgehead atoms. The Morgan fingerprint density at radius 1 is 1.00 bits per heavy atom. The highest BCUT2D eigenvalue weighted by Gasteiger charge is 2.15. The Morgan fingerprint density at radius 3 is 2.39 bits per heavy atom. The maximum Gasteiger partial charge on any atom is 0.0488 e. The van der Waals surface area contributed by atoms with Crippen molar-refractivity contribution in [1.82, 2.24) is 4.57 Å². The van der Waals surface area contributed by atoms with Crippen LogP contribution in [0.25, 0.3) is 10.9 Å². The first kappa shape index (κ1) is 15.5. The third-order valence-electron chi connectivity index (χ3n) is 4.52. The standard InChI is InChI=1S/C21H24N2/c1-3-7-18-19-8-5-6-9-21(19)23(20(18)4-2)15-17-12-10-16(14-22)11-13-17/h5-6,8-14,22H,3-4,7,15H2,1-2H3. The van der Waals surface area contributed by atoms with Crippen molar-refractivity contribution >= 4 is 17.1 Å². The van der Waals surface area contributed by atoms with Crippen LogP contribution in [0.1, 0.15) is 42.7 Å². The number of hydrogen-bond acceptors (Lipinski definition) is 1. The van der Waals surface area contributed by atoms with Crippen molar-refractivity contribution in [3.63, 3.8) is 0 Å². The van der Waals surface area contributed by atoms with Crippen molar-refractivity contribution in [2.75, 3.05) is 0 Å². The molecule has 0 spiro atoms. The van der Waals surface area contributed by atoms with Gasteiger partial charge in [0.1, 0.15) is 0 Å². The Morgan fingerprint density at radius 2 is 1.74 bits per heavy atom. The first-order valence-electron chi connectivity index (χ1n) is 8.46. The van der Waals surface area contributed by atoms with Crippen molar-refractivity contribution < 1.29 is 0 Å². The molecule has 0 radical (unpaired) electrons. The molecule has 3 rings (SSSR count). The summed E-state index contributed by atoms with van der Waals surface area (Å²) in [6, 6.07) is 17.1. The monoisotopic (exact) mass is 304 g/mol. The van der Waals surface area contributed by atoms with Crippen LogP contribution in [0.15, 0.2) is 48.5 Å². The van der Waals surface area contributed by atoms with Gasteiger partial charge in [-0.25, -0.2) is 0 Å². The van der Waals surface area contributed by atoms with Crippen LogP contribution in [0.2, 0.25) is 0 Å². The molecule has 0 atom stereocenters. The first-order valence-corrected chi connectivity index (χ1v) is 8.46. The predicted octanol–water partition coefficient (Wildman–Crippen LogP) is 5.20. The van der Waals surface area contributed by atoms with E-state index >= 15 is 0 Å². The summed E-state index contributed by atoms with van der Waals surface area (Å²) < 4.78 is 2.47. The van der Waals surface area contributed by atoms with Crippen LogP contribution >= 0.6 is 0 Å². The minimum Gasteiger partial charge on any atom is -0.340 e. The molecule has 0 amide bonds. The van der Waals surface area contributed by atoms with Crippen LogP contribution in [0, 0.1) is 5.41 Å². The molecule has 2 heteroatoms. The van der Waals surface area contributed by atoms with E-state index in [0.29, 0.717) is 0 Å². The van der Waals surface area contributed by atoms with Gasteiger partial charge in [-0.3, -0.25) is 0 Å². The third kappa shape index (κ3) is 2.94. The summed E-state index contributed by atoms with van der Waals surface area (Å²) in [6.45, 7) is 5.40. The molecule has 118 valence electrons. The molecule has 2 aromatic carbocycles. The van der Waals surface area contributed by atoms with Crippen LogP contribution in [0.3, 0.4) is 0 Å². The van der Waals surface area contributed by atoms with Crippen LogP contribution in [-0.2, 0) is 19.4 Å². The van der Waals surface area contributed by atoms with Gasteiger partial charge >= 0.3 is 0 Å². The largest absolute Gasteiger partial charge is 0.340 e. The van der Waals surface area contributed by atoms with Crippen molar-refractivity contribution in [1.29, 1.82) is 5.41 Å². The lowest BCUT2D eigenvalue weighted by Gasteiger charge is -2.11. The van der Waals surface area contributed by atoms with Crippen molar-refractivity contribution in [3.05, 3.63) is 70.9 Å². The Bertz CT molecular complexity index is 810. The van der Waals surface area contributed by atoms with Crippen LogP contribution < -0.4 is 0 Å². The average molecular weight is 304 g/mol. The fraction of sp³-hybridized carbons (Fsp3) is 0.286. The van der Waals surface area contributed by atoms with Gasteiger partial charge in [0, 0.05) is 29.4 Å². The first-order chi connectivity index (χ1) is 11.3. The molecule has 0 aliphatic carbocycles. The lowest BCUT2D eigenvalue weighted by atomic mass is 10.0. The van der Waals surface area contributed by atoms with Gasteiger partial charge in [-0.05, 0) is 35.6 Å². The minimum absolute atomic E-state index is 0.895. The smallest absolute Gasteiger partial charge is 0.0488 e. The zero-order valence-corrected chi connectivity index (χ0v) is 14.0. The molecule has 1 aromatic heterocycles. The van der Waals surface area contributed by atoms with Crippen LogP contribution in [0.4, 0.5) is 0 Å². The molecule has 23 heavy (non-hydrogen) atoms. The lowest BCUT2D eigenvalue weighted by molar-refractivity contribution is 0.759. The Balaban J connectivity index is 2.09. The topological polar surface area (TPSA) is 28.8 Å². The fourth-order valence-electron chi connectivity index (χ4n) is 3.44. The van der Waals surface area contributed by atoms with Gasteiger partial charge in [0.25, 0.3) is 0 Å². The second-order valence-electron chi connectivity index (χ2n) is 6.02. The molecule has 0 saturated carbocycles. The van der Waals surface area contributed by atoms with E-state index in [0.717, 1.165) is 24.9 Å². The normalized spacial score (nSPS) is 11.0. The molecule has 3 aromatic rings. The number of nitrogens with one attached hydrogen (secondary N) is 1.